The summed E-state index contributed by atoms with van der Waals surface area (Å²) in [6.07, 6.45) is 0. The van der Waals surface area contributed by atoms with Crippen LogP contribution in [0.15, 0.2) is 35.1 Å². The van der Waals surface area contributed by atoms with Gasteiger partial charge in [-0.05, 0) is 33.4 Å². The van der Waals surface area contributed by atoms with Gasteiger partial charge in [-0.25, -0.2) is 9.78 Å². The standard InChI is InChI=1S/C21H27N3O5/c1-21(2,3)29-20(26)16-17(28-12-14-8-6-5-7-9-14)19(25)23-18(22-16)15-13-27-11-10-24(15)4/h5-9,15H,10-13H2,1-4H3,(H,22,23,25). The molecule has 1 N–H and O–H groups in total. The topological polar surface area (TPSA) is 93.8 Å². The van der Waals surface area contributed by atoms with Crippen molar-refractivity contribution in [3.05, 3.63) is 57.8 Å². The van der Waals surface area contributed by atoms with E-state index < -0.39 is 17.1 Å². The number of hydrogen-bond donors (Lipinski definition) is 1. The fourth-order valence-electron chi connectivity index (χ4n) is 2.94. The van der Waals surface area contributed by atoms with Gasteiger partial charge in [-0.3, -0.25) is 9.69 Å². The first-order chi connectivity index (χ1) is 13.7. The van der Waals surface area contributed by atoms with Crippen LogP contribution in [0, 0.1) is 0 Å². The van der Waals surface area contributed by atoms with E-state index in [4.69, 9.17) is 14.2 Å². The van der Waals surface area contributed by atoms with Crippen molar-refractivity contribution in [3.63, 3.8) is 0 Å². The van der Waals surface area contributed by atoms with Crippen LogP contribution in [0.3, 0.4) is 0 Å². The second-order valence-electron chi connectivity index (χ2n) is 7.98. The van der Waals surface area contributed by atoms with E-state index in [-0.39, 0.29) is 24.1 Å². The maximum atomic E-state index is 12.8. The first-order valence-corrected chi connectivity index (χ1v) is 9.57. The van der Waals surface area contributed by atoms with Gasteiger partial charge in [-0.2, -0.15) is 0 Å². The third kappa shape index (κ3) is 5.42. The Kier molecular flexibility index (Phi) is 6.34. The number of carbonyl (C=O) groups excluding carboxylic acids is 1. The Morgan fingerprint density at radius 2 is 2.03 bits per heavy atom. The molecule has 29 heavy (non-hydrogen) atoms. The number of nitrogens with zero attached hydrogens (tertiary/aromatic N) is 2. The Morgan fingerprint density at radius 3 is 2.69 bits per heavy atom. The van der Waals surface area contributed by atoms with Crippen molar-refractivity contribution < 1.29 is 19.0 Å². The monoisotopic (exact) mass is 401 g/mol. The smallest absolute Gasteiger partial charge is 0.361 e. The van der Waals surface area contributed by atoms with Crippen LogP contribution in [0.2, 0.25) is 0 Å². The molecular weight excluding hydrogens is 374 g/mol. The molecule has 156 valence electrons. The lowest BCUT2D eigenvalue weighted by Crippen LogP contribution is -2.39. The molecule has 0 radical (unpaired) electrons. The van der Waals surface area contributed by atoms with Crippen molar-refractivity contribution in [3.8, 4) is 5.75 Å². The van der Waals surface area contributed by atoms with Crippen LogP contribution < -0.4 is 10.3 Å². The fourth-order valence-corrected chi connectivity index (χ4v) is 2.94. The number of rotatable bonds is 5. The summed E-state index contributed by atoms with van der Waals surface area (Å²) >= 11 is 0. The lowest BCUT2D eigenvalue weighted by atomic mass is 10.2. The SMILES string of the molecule is CN1CCOCC1c1nc(C(=O)OC(C)(C)C)c(OCc2ccccc2)c(=O)[nH]1. The van der Waals surface area contributed by atoms with Crippen molar-refractivity contribution >= 4 is 5.97 Å². The predicted molar refractivity (Wildman–Crippen MR) is 107 cm³/mol. The molecule has 1 aliphatic rings. The molecule has 0 bridgehead atoms. The van der Waals surface area contributed by atoms with E-state index >= 15 is 0 Å². The number of aromatic amines is 1. The number of ether oxygens (including phenoxy) is 3. The number of H-pyrrole nitrogens is 1. The van der Waals surface area contributed by atoms with Gasteiger partial charge in [0.2, 0.25) is 5.75 Å². The molecule has 3 rings (SSSR count). The third-order valence-electron chi connectivity index (χ3n) is 4.43. The third-order valence-corrected chi connectivity index (χ3v) is 4.43. The molecular formula is C21H27N3O5. The number of esters is 1. The molecule has 0 aliphatic carbocycles. The molecule has 1 unspecified atom stereocenters. The highest BCUT2D eigenvalue weighted by Gasteiger charge is 2.30. The number of carbonyl (C=O) groups is 1. The molecule has 2 heterocycles. The summed E-state index contributed by atoms with van der Waals surface area (Å²) in [6.45, 7) is 7.08. The van der Waals surface area contributed by atoms with E-state index in [1.165, 1.54) is 0 Å². The molecule has 1 atom stereocenters. The summed E-state index contributed by atoms with van der Waals surface area (Å²) in [4.78, 5) is 34.8. The van der Waals surface area contributed by atoms with Crippen LogP contribution in [0.25, 0.3) is 0 Å². The maximum absolute atomic E-state index is 12.8. The van der Waals surface area contributed by atoms with Gasteiger partial charge >= 0.3 is 5.97 Å². The predicted octanol–water partition coefficient (Wildman–Crippen LogP) is 2.31. The average Bonchev–Trinajstić information content (AvgIpc) is 2.66. The van der Waals surface area contributed by atoms with Gasteiger partial charge in [-0.15, -0.1) is 0 Å². The number of morpholine rings is 1. The Hall–Kier alpha value is -2.71. The highest BCUT2D eigenvalue weighted by atomic mass is 16.6. The van der Waals surface area contributed by atoms with Crippen molar-refractivity contribution in [2.24, 2.45) is 0 Å². The molecule has 0 spiro atoms. The highest BCUT2D eigenvalue weighted by Crippen LogP contribution is 2.23. The summed E-state index contributed by atoms with van der Waals surface area (Å²) < 4.78 is 16.7. The van der Waals surface area contributed by atoms with E-state index in [0.29, 0.717) is 25.6 Å². The molecule has 8 nitrogen and oxygen atoms in total. The second-order valence-corrected chi connectivity index (χ2v) is 7.98. The van der Waals surface area contributed by atoms with Crippen LogP contribution in [0.5, 0.6) is 5.75 Å². The summed E-state index contributed by atoms with van der Waals surface area (Å²) in [7, 11) is 1.92. The van der Waals surface area contributed by atoms with E-state index in [0.717, 1.165) is 5.56 Å². The van der Waals surface area contributed by atoms with Gasteiger partial charge < -0.3 is 19.2 Å². The Morgan fingerprint density at radius 1 is 1.31 bits per heavy atom. The Balaban J connectivity index is 1.96. The first-order valence-electron chi connectivity index (χ1n) is 9.57. The van der Waals surface area contributed by atoms with E-state index in [2.05, 4.69) is 9.97 Å². The lowest BCUT2D eigenvalue weighted by Gasteiger charge is -2.31. The van der Waals surface area contributed by atoms with Gasteiger partial charge in [0.05, 0.1) is 19.3 Å². The molecule has 1 aliphatic heterocycles. The number of benzene rings is 1. The van der Waals surface area contributed by atoms with Gasteiger partial charge in [0.1, 0.15) is 18.0 Å². The molecule has 1 saturated heterocycles. The van der Waals surface area contributed by atoms with Crippen LogP contribution >= 0.6 is 0 Å². The minimum atomic E-state index is -0.733. The zero-order valence-electron chi connectivity index (χ0n) is 17.2. The van der Waals surface area contributed by atoms with Crippen LogP contribution in [0.4, 0.5) is 0 Å². The maximum Gasteiger partial charge on any atom is 0.361 e. The van der Waals surface area contributed by atoms with Gasteiger partial charge in [-0.1, -0.05) is 30.3 Å². The van der Waals surface area contributed by atoms with Crippen molar-refractivity contribution in [2.45, 2.75) is 39.0 Å². The summed E-state index contributed by atoms with van der Waals surface area (Å²) in [5, 5.41) is 0. The molecule has 1 fully saturated rings. The van der Waals surface area contributed by atoms with Crippen LogP contribution in [-0.2, 0) is 16.1 Å². The zero-order valence-corrected chi connectivity index (χ0v) is 17.2. The Labute approximate surface area is 169 Å². The molecule has 1 aromatic heterocycles. The minimum absolute atomic E-state index is 0.131. The molecule has 0 amide bonds. The quantitative estimate of drug-likeness (QED) is 0.769. The molecule has 8 heteroatoms. The van der Waals surface area contributed by atoms with Gasteiger partial charge in [0.25, 0.3) is 5.56 Å². The minimum Gasteiger partial charge on any atom is -0.481 e. The van der Waals surface area contributed by atoms with Crippen molar-refractivity contribution in [2.75, 3.05) is 26.8 Å². The number of aromatic nitrogens is 2. The van der Waals surface area contributed by atoms with Gasteiger partial charge in [0, 0.05) is 6.54 Å². The Bertz CT molecular complexity index is 905. The summed E-state index contributed by atoms with van der Waals surface area (Å²) in [6, 6.07) is 9.12. The summed E-state index contributed by atoms with van der Waals surface area (Å²) in [5.74, 6) is -0.497. The van der Waals surface area contributed by atoms with Crippen LogP contribution in [-0.4, -0.2) is 53.2 Å². The van der Waals surface area contributed by atoms with Crippen LogP contribution in [0.1, 0.15) is 48.7 Å². The largest absolute Gasteiger partial charge is 0.481 e. The number of nitrogens with one attached hydrogen (secondary N) is 1. The zero-order chi connectivity index (χ0) is 21.0. The highest BCUT2D eigenvalue weighted by molar-refractivity contribution is 5.90. The van der Waals surface area contributed by atoms with E-state index in [9.17, 15) is 9.59 Å². The van der Waals surface area contributed by atoms with E-state index in [1.807, 2.05) is 42.3 Å². The van der Waals surface area contributed by atoms with E-state index in [1.54, 1.807) is 20.8 Å². The molecule has 1 aromatic carbocycles. The first kappa shape index (κ1) is 21.0. The number of likely N-dealkylation sites (N-methyl/N-ethyl adjacent to an activating group) is 1. The lowest BCUT2D eigenvalue weighted by molar-refractivity contribution is -0.000193. The molecule has 2 aromatic rings. The van der Waals surface area contributed by atoms with Gasteiger partial charge in [0.15, 0.2) is 5.69 Å². The number of hydrogen-bond acceptors (Lipinski definition) is 7. The van der Waals surface area contributed by atoms with Crippen molar-refractivity contribution in [1.82, 2.24) is 14.9 Å². The second kappa shape index (κ2) is 8.75. The normalized spacial score (nSPS) is 17.7. The summed E-state index contributed by atoms with van der Waals surface area (Å²) in [5.41, 5.74) is -0.519. The van der Waals surface area contributed by atoms with Crippen molar-refractivity contribution in [1.29, 1.82) is 0 Å². The molecule has 0 saturated carbocycles. The fraction of sp³-hybridized carbons (Fsp3) is 0.476. The average molecular weight is 401 g/mol.